The van der Waals surface area contributed by atoms with Gasteiger partial charge in [0.15, 0.2) is 0 Å². The number of likely N-dealkylation sites (N-methyl/N-ethyl adjacent to an activating group) is 1. The highest BCUT2D eigenvalue weighted by atomic mass is 35.5. The Morgan fingerprint density at radius 3 is 2.41 bits per heavy atom. The van der Waals surface area contributed by atoms with E-state index in [9.17, 15) is 4.79 Å². The molecule has 0 aromatic carbocycles. The second kappa shape index (κ2) is 7.19. The monoisotopic (exact) mass is 263 g/mol. The fraction of sp³-hybridized carbons (Fsp3) is 0.917. The van der Waals surface area contributed by atoms with Crippen molar-refractivity contribution in [3.8, 4) is 0 Å². The van der Waals surface area contributed by atoms with Crippen LogP contribution in [0, 0.1) is 0 Å². The minimum absolute atomic E-state index is 0. The number of hydrogen-bond acceptors (Lipinski definition) is 3. The summed E-state index contributed by atoms with van der Waals surface area (Å²) >= 11 is 0. The Bertz CT molecular complexity index is 242. The van der Waals surface area contributed by atoms with Gasteiger partial charge >= 0.3 is 0 Å². The average Bonchev–Trinajstić information content (AvgIpc) is 2.24. The lowest BCUT2D eigenvalue weighted by molar-refractivity contribution is -0.134. The van der Waals surface area contributed by atoms with E-state index in [1.807, 2.05) is 4.90 Å². The molecule has 5 heteroatoms. The molecular weight excluding hydrogens is 238 g/mol. The summed E-state index contributed by atoms with van der Waals surface area (Å²) in [6, 6.07) is 0. The highest BCUT2D eigenvalue weighted by molar-refractivity contribution is 5.85. The molecule has 0 radical (unpaired) electrons. The predicted octanol–water partition coefficient (Wildman–Crippen LogP) is 0.960. The molecule has 0 aromatic rings. The maximum Gasteiger partial charge on any atom is 0.236 e. The number of rotatable bonds is 4. The second-order valence-corrected chi connectivity index (χ2v) is 5.09. The molecule has 0 atom stereocenters. The highest BCUT2D eigenvalue weighted by Crippen LogP contribution is 2.10. The Balaban J connectivity index is 0.00000256. The summed E-state index contributed by atoms with van der Waals surface area (Å²) in [4.78, 5) is 16.2. The van der Waals surface area contributed by atoms with Gasteiger partial charge in [-0.05, 0) is 26.9 Å². The number of carbonyl (C=O) groups is 1. The van der Waals surface area contributed by atoms with Gasteiger partial charge in [-0.15, -0.1) is 12.4 Å². The molecule has 0 aliphatic carbocycles. The van der Waals surface area contributed by atoms with Crippen molar-refractivity contribution in [1.82, 2.24) is 15.1 Å². The summed E-state index contributed by atoms with van der Waals surface area (Å²) < 4.78 is 0. The van der Waals surface area contributed by atoms with E-state index in [1.165, 1.54) is 0 Å². The van der Waals surface area contributed by atoms with Crippen LogP contribution in [0.5, 0.6) is 0 Å². The summed E-state index contributed by atoms with van der Waals surface area (Å²) in [5.41, 5.74) is 0.0527. The van der Waals surface area contributed by atoms with Gasteiger partial charge in [-0.3, -0.25) is 9.69 Å². The fourth-order valence-electron chi connectivity index (χ4n) is 2.09. The van der Waals surface area contributed by atoms with Gasteiger partial charge < -0.3 is 10.2 Å². The van der Waals surface area contributed by atoms with Crippen LogP contribution in [-0.2, 0) is 4.79 Å². The highest BCUT2D eigenvalue weighted by Gasteiger charge is 2.28. The molecule has 1 aliphatic heterocycles. The molecule has 0 spiro atoms. The first-order chi connectivity index (χ1) is 7.48. The van der Waals surface area contributed by atoms with Crippen molar-refractivity contribution in [3.05, 3.63) is 0 Å². The summed E-state index contributed by atoms with van der Waals surface area (Å²) in [6.07, 6.45) is 0. The van der Waals surface area contributed by atoms with E-state index in [0.717, 1.165) is 32.7 Å². The molecule has 4 nitrogen and oxygen atoms in total. The number of hydrogen-bond donors (Lipinski definition) is 1. The molecule has 1 heterocycles. The van der Waals surface area contributed by atoms with Crippen LogP contribution < -0.4 is 5.32 Å². The number of nitrogens with one attached hydrogen (secondary N) is 1. The Hall–Kier alpha value is -0.320. The van der Waals surface area contributed by atoms with E-state index >= 15 is 0 Å². The van der Waals surface area contributed by atoms with E-state index in [0.29, 0.717) is 6.54 Å². The number of carbonyl (C=O) groups excluding carboxylic acids is 1. The Labute approximate surface area is 111 Å². The lowest BCUT2D eigenvalue weighted by atomic mass is 10.0. The van der Waals surface area contributed by atoms with E-state index < -0.39 is 0 Å². The number of amides is 1. The topological polar surface area (TPSA) is 35.6 Å². The van der Waals surface area contributed by atoms with Gasteiger partial charge in [0.25, 0.3) is 0 Å². The molecule has 17 heavy (non-hydrogen) atoms. The van der Waals surface area contributed by atoms with E-state index in [4.69, 9.17) is 0 Å². The molecule has 0 saturated carbocycles. The van der Waals surface area contributed by atoms with Gasteiger partial charge in [-0.2, -0.15) is 0 Å². The first-order valence-electron chi connectivity index (χ1n) is 6.23. The Kier molecular flexibility index (Phi) is 7.05. The lowest BCUT2D eigenvalue weighted by Crippen LogP contribution is -2.59. The van der Waals surface area contributed by atoms with Crippen molar-refractivity contribution in [2.45, 2.75) is 33.2 Å². The molecule has 1 saturated heterocycles. The molecule has 1 amide bonds. The third kappa shape index (κ3) is 5.23. The van der Waals surface area contributed by atoms with Crippen LogP contribution in [0.15, 0.2) is 0 Å². The molecule has 0 bridgehead atoms. The average molecular weight is 264 g/mol. The van der Waals surface area contributed by atoms with Crippen molar-refractivity contribution in [3.63, 3.8) is 0 Å². The Morgan fingerprint density at radius 2 is 1.94 bits per heavy atom. The van der Waals surface area contributed by atoms with Gasteiger partial charge in [0.2, 0.25) is 5.91 Å². The van der Waals surface area contributed by atoms with Crippen LogP contribution in [0.1, 0.15) is 27.7 Å². The minimum atomic E-state index is 0. The molecule has 0 aromatic heterocycles. The zero-order chi connectivity index (χ0) is 12.2. The summed E-state index contributed by atoms with van der Waals surface area (Å²) in [6.45, 7) is 13.5. The number of piperazine rings is 1. The van der Waals surface area contributed by atoms with Gasteiger partial charge in [0, 0.05) is 25.2 Å². The first kappa shape index (κ1) is 16.7. The standard InChI is InChI=1S/C12H25N3O.ClH/c1-5-14(6-2)9-11(16)15-8-7-13-12(3,4)10-15;/h13H,5-10H2,1-4H3;1H. The van der Waals surface area contributed by atoms with Crippen LogP contribution in [0.2, 0.25) is 0 Å². The van der Waals surface area contributed by atoms with Crippen LogP contribution >= 0.6 is 12.4 Å². The summed E-state index contributed by atoms with van der Waals surface area (Å²) in [7, 11) is 0. The number of halogens is 1. The minimum Gasteiger partial charge on any atom is -0.338 e. The van der Waals surface area contributed by atoms with Crippen LogP contribution in [0.4, 0.5) is 0 Å². The molecule has 1 fully saturated rings. The zero-order valence-electron chi connectivity index (χ0n) is 11.5. The predicted molar refractivity (Wildman–Crippen MR) is 73.7 cm³/mol. The quantitative estimate of drug-likeness (QED) is 0.821. The van der Waals surface area contributed by atoms with Crippen LogP contribution in [-0.4, -0.2) is 60.5 Å². The van der Waals surface area contributed by atoms with Crippen molar-refractivity contribution >= 4 is 18.3 Å². The molecule has 1 rings (SSSR count). The van der Waals surface area contributed by atoms with Gasteiger partial charge in [0.05, 0.1) is 6.54 Å². The molecule has 102 valence electrons. The molecule has 1 aliphatic rings. The maximum absolute atomic E-state index is 12.1. The fourth-order valence-corrected chi connectivity index (χ4v) is 2.09. The Morgan fingerprint density at radius 1 is 1.35 bits per heavy atom. The SMILES string of the molecule is CCN(CC)CC(=O)N1CCNC(C)(C)C1.Cl. The largest absolute Gasteiger partial charge is 0.338 e. The summed E-state index contributed by atoms with van der Waals surface area (Å²) in [5.74, 6) is 0.262. The van der Waals surface area contributed by atoms with Gasteiger partial charge in [-0.1, -0.05) is 13.8 Å². The van der Waals surface area contributed by atoms with Crippen LogP contribution in [0.3, 0.4) is 0 Å². The molecule has 1 N–H and O–H groups in total. The molecule has 0 unspecified atom stereocenters. The van der Waals surface area contributed by atoms with Crippen LogP contribution in [0.25, 0.3) is 0 Å². The third-order valence-electron chi connectivity index (χ3n) is 3.18. The van der Waals surface area contributed by atoms with E-state index in [2.05, 4.69) is 37.9 Å². The maximum atomic E-state index is 12.1. The van der Waals surface area contributed by atoms with E-state index in [-0.39, 0.29) is 23.9 Å². The van der Waals surface area contributed by atoms with Crippen molar-refractivity contribution in [2.75, 3.05) is 39.3 Å². The summed E-state index contributed by atoms with van der Waals surface area (Å²) in [5, 5.41) is 3.42. The lowest BCUT2D eigenvalue weighted by Gasteiger charge is -2.39. The van der Waals surface area contributed by atoms with Crippen molar-refractivity contribution in [1.29, 1.82) is 0 Å². The van der Waals surface area contributed by atoms with E-state index in [1.54, 1.807) is 0 Å². The third-order valence-corrected chi connectivity index (χ3v) is 3.18. The first-order valence-corrected chi connectivity index (χ1v) is 6.23. The van der Waals surface area contributed by atoms with Gasteiger partial charge in [0.1, 0.15) is 0 Å². The zero-order valence-corrected chi connectivity index (χ0v) is 12.3. The van der Waals surface area contributed by atoms with Crippen molar-refractivity contribution < 1.29 is 4.79 Å². The molecular formula is C12H26ClN3O. The van der Waals surface area contributed by atoms with Crippen molar-refractivity contribution in [2.24, 2.45) is 0 Å². The van der Waals surface area contributed by atoms with Gasteiger partial charge in [-0.25, -0.2) is 0 Å². The normalized spacial score (nSPS) is 19.0. The second-order valence-electron chi connectivity index (χ2n) is 5.09. The number of nitrogens with zero attached hydrogens (tertiary/aromatic N) is 2. The smallest absolute Gasteiger partial charge is 0.236 e.